The molecule has 146 valence electrons. The Morgan fingerprint density at radius 1 is 1.00 bits per heavy atom. The third-order valence-electron chi connectivity index (χ3n) is 5.69. The van der Waals surface area contributed by atoms with Gasteiger partial charge in [0.1, 0.15) is 0 Å². The minimum absolute atomic E-state index is 0.00161. The third kappa shape index (κ3) is 3.72. The van der Waals surface area contributed by atoms with Crippen LogP contribution in [0.25, 0.3) is 6.08 Å². The standard InChI is InChI=1S/C22H26N4O2/c1-17-6-2-3-7-18(17)9-10-21(27)24-12-14-25(15-13-24)22(28)19-16-23-26-11-5-4-8-20(19)26/h2-3,6-7,9-10,16H,4-5,8,11-15H2,1H3/b10-9+. The molecule has 1 aromatic heterocycles. The second-order valence-electron chi connectivity index (χ2n) is 7.49. The monoisotopic (exact) mass is 378 g/mol. The molecule has 4 rings (SSSR count). The Hall–Kier alpha value is -2.89. The lowest BCUT2D eigenvalue weighted by Crippen LogP contribution is -2.50. The number of fused-ring (bicyclic) bond motifs is 1. The van der Waals surface area contributed by atoms with Crippen LogP contribution >= 0.6 is 0 Å². The van der Waals surface area contributed by atoms with E-state index in [2.05, 4.69) is 5.10 Å². The van der Waals surface area contributed by atoms with Gasteiger partial charge in [0.25, 0.3) is 5.91 Å². The Balaban J connectivity index is 1.35. The summed E-state index contributed by atoms with van der Waals surface area (Å²) in [6, 6.07) is 7.99. The molecule has 0 saturated carbocycles. The van der Waals surface area contributed by atoms with Gasteiger partial charge in [0, 0.05) is 38.8 Å². The molecular weight excluding hydrogens is 352 g/mol. The van der Waals surface area contributed by atoms with Crippen LogP contribution in [0.1, 0.15) is 40.0 Å². The second kappa shape index (κ2) is 8.00. The second-order valence-corrected chi connectivity index (χ2v) is 7.49. The fourth-order valence-corrected chi connectivity index (χ4v) is 3.94. The van der Waals surface area contributed by atoms with Gasteiger partial charge in [-0.2, -0.15) is 5.10 Å². The lowest BCUT2D eigenvalue weighted by Gasteiger charge is -2.34. The van der Waals surface area contributed by atoms with Crippen LogP contribution in [0.5, 0.6) is 0 Å². The van der Waals surface area contributed by atoms with Gasteiger partial charge < -0.3 is 9.80 Å². The van der Waals surface area contributed by atoms with E-state index in [0.29, 0.717) is 26.2 Å². The number of piperazine rings is 1. The van der Waals surface area contributed by atoms with Gasteiger partial charge >= 0.3 is 0 Å². The molecule has 28 heavy (non-hydrogen) atoms. The summed E-state index contributed by atoms with van der Waals surface area (Å²) < 4.78 is 1.97. The lowest BCUT2D eigenvalue weighted by molar-refractivity contribution is -0.127. The summed E-state index contributed by atoms with van der Waals surface area (Å²) in [6.45, 7) is 5.18. The fraction of sp³-hybridized carbons (Fsp3) is 0.409. The summed E-state index contributed by atoms with van der Waals surface area (Å²) in [5.74, 6) is 0.0453. The minimum atomic E-state index is -0.00161. The van der Waals surface area contributed by atoms with Crippen molar-refractivity contribution in [3.8, 4) is 0 Å². The molecular formula is C22H26N4O2. The van der Waals surface area contributed by atoms with Gasteiger partial charge in [-0.05, 0) is 43.4 Å². The fourth-order valence-electron chi connectivity index (χ4n) is 3.94. The zero-order valence-corrected chi connectivity index (χ0v) is 16.3. The number of hydrogen-bond acceptors (Lipinski definition) is 3. The quantitative estimate of drug-likeness (QED) is 0.771. The molecule has 6 nitrogen and oxygen atoms in total. The lowest BCUT2D eigenvalue weighted by atomic mass is 10.1. The van der Waals surface area contributed by atoms with Crippen molar-refractivity contribution in [1.82, 2.24) is 19.6 Å². The summed E-state index contributed by atoms with van der Waals surface area (Å²) >= 11 is 0. The smallest absolute Gasteiger partial charge is 0.257 e. The van der Waals surface area contributed by atoms with Crippen molar-refractivity contribution in [2.24, 2.45) is 0 Å². The maximum Gasteiger partial charge on any atom is 0.257 e. The molecule has 6 heteroatoms. The van der Waals surface area contributed by atoms with E-state index in [1.165, 1.54) is 0 Å². The highest BCUT2D eigenvalue weighted by Gasteiger charge is 2.27. The largest absolute Gasteiger partial charge is 0.336 e. The van der Waals surface area contributed by atoms with Crippen LogP contribution in [-0.2, 0) is 17.8 Å². The van der Waals surface area contributed by atoms with Crippen molar-refractivity contribution in [1.29, 1.82) is 0 Å². The number of nitrogens with zero attached hydrogens (tertiary/aromatic N) is 4. The molecule has 2 aromatic rings. The number of amides is 2. The predicted octanol–water partition coefficient (Wildman–Crippen LogP) is 2.53. The zero-order chi connectivity index (χ0) is 19.5. The Labute approximate surface area is 165 Å². The van der Waals surface area contributed by atoms with Gasteiger partial charge in [-0.1, -0.05) is 24.3 Å². The number of aromatic nitrogens is 2. The summed E-state index contributed by atoms with van der Waals surface area (Å²) in [5, 5.41) is 4.37. The Morgan fingerprint density at radius 3 is 2.54 bits per heavy atom. The van der Waals surface area contributed by atoms with Crippen LogP contribution in [0.3, 0.4) is 0 Å². The Bertz CT molecular complexity index is 907. The molecule has 1 fully saturated rings. The molecule has 3 heterocycles. The van der Waals surface area contributed by atoms with Crippen molar-refractivity contribution >= 4 is 17.9 Å². The molecule has 1 aromatic carbocycles. The van der Waals surface area contributed by atoms with E-state index in [1.54, 1.807) is 12.3 Å². The summed E-state index contributed by atoms with van der Waals surface area (Å²) in [7, 11) is 0. The Morgan fingerprint density at radius 2 is 1.75 bits per heavy atom. The van der Waals surface area contributed by atoms with Crippen molar-refractivity contribution < 1.29 is 9.59 Å². The van der Waals surface area contributed by atoms with Crippen LogP contribution in [-0.4, -0.2) is 57.6 Å². The van der Waals surface area contributed by atoms with Gasteiger partial charge in [-0.3, -0.25) is 14.3 Å². The van der Waals surface area contributed by atoms with E-state index in [4.69, 9.17) is 0 Å². The first-order valence-electron chi connectivity index (χ1n) is 10.00. The van der Waals surface area contributed by atoms with Gasteiger partial charge in [0.2, 0.25) is 5.91 Å². The number of benzene rings is 1. The molecule has 0 aliphatic carbocycles. The molecule has 0 spiro atoms. The average Bonchev–Trinajstić information content (AvgIpc) is 3.17. The predicted molar refractivity (Wildman–Crippen MR) is 108 cm³/mol. The van der Waals surface area contributed by atoms with E-state index in [1.807, 2.05) is 51.7 Å². The number of carbonyl (C=O) groups is 2. The van der Waals surface area contributed by atoms with Crippen LogP contribution < -0.4 is 0 Å². The first-order valence-corrected chi connectivity index (χ1v) is 10.00. The van der Waals surface area contributed by atoms with Crippen molar-refractivity contribution in [3.05, 3.63) is 58.9 Å². The number of aryl methyl sites for hydroxylation is 2. The van der Waals surface area contributed by atoms with Crippen molar-refractivity contribution in [2.45, 2.75) is 32.7 Å². The van der Waals surface area contributed by atoms with E-state index in [0.717, 1.165) is 48.2 Å². The molecule has 0 bridgehead atoms. The van der Waals surface area contributed by atoms with E-state index >= 15 is 0 Å². The third-order valence-corrected chi connectivity index (χ3v) is 5.69. The first kappa shape index (κ1) is 18.5. The number of carbonyl (C=O) groups excluding carboxylic acids is 2. The Kier molecular flexibility index (Phi) is 5.28. The van der Waals surface area contributed by atoms with Crippen molar-refractivity contribution in [2.75, 3.05) is 26.2 Å². The maximum atomic E-state index is 12.9. The highest BCUT2D eigenvalue weighted by molar-refractivity contribution is 5.96. The summed E-state index contributed by atoms with van der Waals surface area (Å²) in [6.07, 6.45) is 8.37. The topological polar surface area (TPSA) is 58.4 Å². The van der Waals surface area contributed by atoms with E-state index in [9.17, 15) is 9.59 Å². The molecule has 0 N–H and O–H groups in total. The van der Waals surface area contributed by atoms with Crippen LogP contribution in [0.15, 0.2) is 36.5 Å². The number of rotatable bonds is 3. The summed E-state index contributed by atoms with van der Waals surface area (Å²) in [4.78, 5) is 29.1. The molecule has 0 unspecified atom stereocenters. The van der Waals surface area contributed by atoms with E-state index < -0.39 is 0 Å². The molecule has 0 atom stereocenters. The molecule has 2 aliphatic heterocycles. The SMILES string of the molecule is Cc1ccccc1/C=C/C(=O)N1CCN(C(=O)c2cnn3c2CCCC3)CC1. The van der Waals surface area contributed by atoms with Crippen LogP contribution in [0.2, 0.25) is 0 Å². The number of hydrogen-bond donors (Lipinski definition) is 0. The molecule has 2 aliphatic rings. The van der Waals surface area contributed by atoms with Crippen molar-refractivity contribution in [3.63, 3.8) is 0 Å². The normalized spacial score (nSPS) is 17.0. The zero-order valence-electron chi connectivity index (χ0n) is 16.3. The summed E-state index contributed by atoms with van der Waals surface area (Å²) in [5.41, 5.74) is 4.00. The van der Waals surface area contributed by atoms with Gasteiger partial charge in [0.15, 0.2) is 0 Å². The first-order chi connectivity index (χ1) is 13.6. The molecule has 1 saturated heterocycles. The average molecular weight is 378 g/mol. The molecule has 0 radical (unpaired) electrons. The van der Waals surface area contributed by atoms with Gasteiger partial charge in [-0.25, -0.2) is 0 Å². The minimum Gasteiger partial charge on any atom is -0.336 e. The maximum absolute atomic E-state index is 12.9. The highest BCUT2D eigenvalue weighted by Crippen LogP contribution is 2.20. The molecule has 2 amide bonds. The highest BCUT2D eigenvalue weighted by atomic mass is 16.2. The van der Waals surface area contributed by atoms with Crippen LogP contribution in [0.4, 0.5) is 0 Å². The van der Waals surface area contributed by atoms with Gasteiger partial charge in [-0.15, -0.1) is 0 Å². The van der Waals surface area contributed by atoms with Crippen LogP contribution in [0, 0.1) is 6.92 Å². The van der Waals surface area contributed by atoms with Gasteiger partial charge in [0.05, 0.1) is 17.5 Å². The van der Waals surface area contributed by atoms with E-state index in [-0.39, 0.29) is 11.8 Å².